The maximum atomic E-state index is 10.8. The number of aliphatic hydroxyl groups is 1. The van der Waals surface area contributed by atoms with Crippen molar-refractivity contribution in [1.82, 2.24) is 0 Å². The van der Waals surface area contributed by atoms with Crippen LogP contribution < -0.4 is 5.19 Å². The van der Waals surface area contributed by atoms with E-state index < -0.39 is 14.2 Å². The largest absolute Gasteiger partial charge is 0.392 e. The fraction of sp³-hybridized carbons (Fsp3) is 0.484. The van der Waals surface area contributed by atoms with E-state index >= 15 is 0 Å². The normalized spacial score (nSPS) is 15.5. The molecule has 0 aliphatic carbocycles. The first-order chi connectivity index (χ1) is 17.1. The molecule has 0 spiro atoms. The lowest BCUT2D eigenvalue weighted by Crippen LogP contribution is -2.41. The zero-order valence-corrected chi connectivity index (χ0v) is 27.8. The molecule has 0 aliphatic rings. The van der Waals surface area contributed by atoms with E-state index in [1.807, 2.05) is 18.2 Å². The molecule has 2 nitrogen and oxygen atoms in total. The monoisotopic (exact) mass is 730 g/mol. The zero-order valence-electron chi connectivity index (χ0n) is 22.5. The minimum atomic E-state index is -1.49. The van der Waals surface area contributed by atoms with Gasteiger partial charge in [-0.3, -0.25) is 0 Å². The first-order valence-corrected chi connectivity index (χ1v) is 18.9. The van der Waals surface area contributed by atoms with E-state index in [9.17, 15) is 5.11 Å². The van der Waals surface area contributed by atoms with Crippen LogP contribution >= 0.6 is 45.2 Å². The van der Waals surface area contributed by atoms with Gasteiger partial charge in [-0.05, 0) is 57.6 Å². The number of hydrogen-bond donors (Lipinski definition) is 1. The van der Waals surface area contributed by atoms with E-state index in [1.165, 1.54) is 21.6 Å². The number of hydrogen-bond acceptors (Lipinski definition) is 2. The van der Waals surface area contributed by atoms with Crippen molar-refractivity contribution in [3.05, 3.63) is 89.5 Å². The molecule has 0 saturated heterocycles. The summed E-state index contributed by atoms with van der Waals surface area (Å²) in [6.07, 6.45) is 9.55. The molecule has 0 heterocycles. The summed E-state index contributed by atoms with van der Waals surface area (Å²) < 4.78 is 6.80. The number of halogens is 2. The smallest absolute Gasteiger partial charge is 0.0845 e. The lowest BCUT2D eigenvalue weighted by atomic mass is 9.98. The SMILES string of the molecule is C/C(=C\CC/C(=C\CCI)C[Si](C)(C)c1ccccc1)CC[C@H](O)[C@](C)(I)COCc1ccccc1. The highest BCUT2D eigenvalue weighted by Crippen LogP contribution is 2.28. The maximum Gasteiger partial charge on any atom is 0.0845 e. The minimum absolute atomic E-state index is 0.296. The molecule has 0 radical (unpaired) electrons. The van der Waals surface area contributed by atoms with Gasteiger partial charge in [0.2, 0.25) is 0 Å². The Morgan fingerprint density at radius 2 is 1.64 bits per heavy atom. The molecule has 2 aromatic rings. The topological polar surface area (TPSA) is 29.5 Å². The van der Waals surface area contributed by atoms with E-state index in [2.05, 4.69) is 127 Å². The van der Waals surface area contributed by atoms with Crippen LogP contribution in [-0.2, 0) is 11.3 Å². The molecule has 2 aromatic carbocycles. The average molecular weight is 731 g/mol. The number of benzene rings is 2. The molecule has 0 amide bonds. The lowest BCUT2D eigenvalue weighted by molar-refractivity contribution is 0.0491. The molecule has 0 aromatic heterocycles. The van der Waals surface area contributed by atoms with Crippen molar-refractivity contribution in [3.8, 4) is 0 Å². The summed E-state index contributed by atoms with van der Waals surface area (Å²) in [5.74, 6) is 0. The molecule has 36 heavy (non-hydrogen) atoms. The van der Waals surface area contributed by atoms with Gasteiger partial charge in [0.15, 0.2) is 0 Å². The highest BCUT2D eigenvalue weighted by Gasteiger charge is 2.30. The summed E-state index contributed by atoms with van der Waals surface area (Å²) in [5, 5.41) is 12.4. The van der Waals surface area contributed by atoms with Gasteiger partial charge in [0.05, 0.1) is 30.8 Å². The zero-order chi connectivity index (χ0) is 26.4. The first kappa shape index (κ1) is 31.7. The number of ether oxygens (including phenoxy) is 1. The second-order valence-corrected chi connectivity index (χ2v) is 18.9. The van der Waals surface area contributed by atoms with Crippen LogP contribution in [0.5, 0.6) is 0 Å². The number of allylic oxidation sites excluding steroid dienone is 4. The van der Waals surface area contributed by atoms with Crippen molar-refractivity contribution < 1.29 is 9.84 Å². The highest BCUT2D eigenvalue weighted by molar-refractivity contribution is 14.1. The summed E-state index contributed by atoms with van der Waals surface area (Å²) in [6, 6.07) is 22.5. The summed E-state index contributed by atoms with van der Waals surface area (Å²) in [4.78, 5) is 0. The van der Waals surface area contributed by atoms with Gasteiger partial charge in [0, 0.05) is 4.43 Å². The van der Waals surface area contributed by atoms with Gasteiger partial charge in [-0.1, -0.05) is 147 Å². The van der Waals surface area contributed by atoms with E-state index in [0.717, 1.165) is 32.1 Å². The fourth-order valence-electron chi connectivity index (χ4n) is 4.39. The molecule has 0 fully saturated rings. The lowest BCUT2D eigenvalue weighted by Gasteiger charge is -2.28. The second-order valence-electron chi connectivity index (χ2n) is 10.7. The van der Waals surface area contributed by atoms with Crippen LogP contribution in [0.4, 0.5) is 0 Å². The predicted molar refractivity (Wildman–Crippen MR) is 177 cm³/mol. The van der Waals surface area contributed by atoms with E-state index in [0.29, 0.717) is 13.2 Å². The van der Waals surface area contributed by atoms with Crippen molar-refractivity contribution in [1.29, 1.82) is 0 Å². The fourth-order valence-corrected chi connectivity index (χ4v) is 7.99. The first-order valence-electron chi connectivity index (χ1n) is 13.1. The predicted octanol–water partition coefficient (Wildman–Crippen LogP) is 8.63. The molecule has 1 N–H and O–H groups in total. The molecule has 0 unspecified atom stereocenters. The van der Waals surface area contributed by atoms with E-state index in [4.69, 9.17) is 4.74 Å². The van der Waals surface area contributed by atoms with Crippen LogP contribution in [0.3, 0.4) is 0 Å². The summed E-state index contributed by atoms with van der Waals surface area (Å²) in [7, 11) is -1.49. The molecular formula is C31H44I2O2Si. The third kappa shape index (κ3) is 11.9. The Morgan fingerprint density at radius 1 is 1.00 bits per heavy atom. The van der Waals surface area contributed by atoms with Crippen molar-refractivity contribution in [2.75, 3.05) is 11.0 Å². The molecule has 198 valence electrons. The standard InChI is InChI=1S/C31H44I2O2Si/c1-26(20-21-30(34)31(2,33)25-35-23-27-14-7-5-8-15-27)13-11-16-28(17-12-22-32)24-36(3,4)29-18-9-6-10-19-29/h5-10,13-15,17-19,30,34H,11-12,16,20-25H2,1-4H3/b26-13+,28-17+/t30-,31+/m0/s1. The molecule has 0 bridgehead atoms. The summed E-state index contributed by atoms with van der Waals surface area (Å²) >= 11 is 4.83. The van der Waals surface area contributed by atoms with Crippen molar-refractivity contribution in [3.63, 3.8) is 0 Å². The van der Waals surface area contributed by atoms with Crippen LogP contribution in [0.15, 0.2) is 84.0 Å². The maximum absolute atomic E-state index is 10.8. The van der Waals surface area contributed by atoms with Gasteiger partial charge in [0.25, 0.3) is 0 Å². The average Bonchev–Trinajstić information content (AvgIpc) is 2.86. The highest BCUT2D eigenvalue weighted by atomic mass is 127. The van der Waals surface area contributed by atoms with Gasteiger partial charge in [0.1, 0.15) is 0 Å². The van der Waals surface area contributed by atoms with Crippen molar-refractivity contribution >= 4 is 58.4 Å². The van der Waals surface area contributed by atoms with Crippen molar-refractivity contribution in [2.45, 2.75) is 81.2 Å². The Bertz CT molecular complexity index is 940. The third-order valence-corrected chi connectivity index (χ3v) is 11.6. The molecule has 5 heteroatoms. The summed E-state index contributed by atoms with van der Waals surface area (Å²) in [5.41, 5.74) is 4.16. The van der Waals surface area contributed by atoms with E-state index in [-0.39, 0.29) is 3.42 Å². The summed E-state index contributed by atoms with van der Waals surface area (Å²) in [6.45, 7) is 10.4. The molecule has 2 atom stereocenters. The Balaban J connectivity index is 1.81. The van der Waals surface area contributed by atoms with Crippen LogP contribution in [0, 0.1) is 0 Å². The number of rotatable bonds is 16. The van der Waals surface area contributed by atoms with Gasteiger partial charge >= 0.3 is 0 Å². The molecule has 2 rings (SSSR count). The van der Waals surface area contributed by atoms with Crippen LogP contribution in [0.2, 0.25) is 19.1 Å². The third-order valence-electron chi connectivity index (χ3n) is 6.73. The van der Waals surface area contributed by atoms with Crippen LogP contribution in [0.25, 0.3) is 0 Å². The minimum Gasteiger partial charge on any atom is -0.392 e. The van der Waals surface area contributed by atoms with Gasteiger partial charge in [-0.15, -0.1) is 0 Å². The quantitative estimate of drug-likeness (QED) is 0.0812. The molecule has 0 saturated carbocycles. The molecular weight excluding hydrogens is 686 g/mol. The van der Waals surface area contributed by atoms with E-state index in [1.54, 1.807) is 10.8 Å². The van der Waals surface area contributed by atoms with Gasteiger partial charge in [-0.25, -0.2) is 0 Å². The van der Waals surface area contributed by atoms with Crippen molar-refractivity contribution in [2.24, 2.45) is 0 Å². The number of alkyl halides is 2. The Morgan fingerprint density at radius 3 is 2.28 bits per heavy atom. The van der Waals surface area contributed by atoms with Crippen LogP contribution in [0.1, 0.15) is 51.5 Å². The Hall–Kier alpha value is -0.483. The molecule has 0 aliphatic heterocycles. The Labute approximate surface area is 248 Å². The Kier molecular flexibility index (Phi) is 14.5. The second kappa shape index (κ2) is 16.5. The van der Waals surface area contributed by atoms with Gasteiger partial charge in [-0.2, -0.15) is 0 Å². The van der Waals surface area contributed by atoms with Crippen LogP contribution in [-0.4, -0.2) is 33.7 Å². The van der Waals surface area contributed by atoms with Gasteiger partial charge < -0.3 is 9.84 Å². The number of aliphatic hydroxyl groups excluding tert-OH is 1.